The van der Waals surface area contributed by atoms with Crippen molar-refractivity contribution in [2.24, 2.45) is 5.84 Å². The van der Waals surface area contributed by atoms with Crippen molar-refractivity contribution in [3.8, 4) is 0 Å². The average Bonchev–Trinajstić information content (AvgIpc) is 3.04. The summed E-state index contributed by atoms with van der Waals surface area (Å²) in [6, 6.07) is 2.49. The van der Waals surface area contributed by atoms with Gasteiger partial charge in [0.05, 0.1) is 18.0 Å². The average molecular weight is 279 g/mol. The van der Waals surface area contributed by atoms with Crippen LogP contribution >= 0.6 is 11.3 Å². The van der Waals surface area contributed by atoms with Crippen molar-refractivity contribution in [2.45, 2.75) is 19.4 Å². The van der Waals surface area contributed by atoms with Gasteiger partial charge in [0, 0.05) is 18.5 Å². The van der Waals surface area contributed by atoms with Crippen LogP contribution in [-0.4, -0.2) is 36.3 Å². The number of likely N-dealkylation sites (N-methyl/N-ethyl adjacent to an activating group) is 1. The van der Waals surface area contributed by atoms with Crippen LogP contribution in [0.1, 0.15) is 11.3 Å². The van der Waals surface area contributed by atoms with Crippen molar-refractivity contribution in [3.05, 3.63) is 10.9 Å². The largest absolute Gasteiger partial charge is 0.379 e. The van der Waals surface area contributed by atoms with Gasteiger partial charge in [0.2, 0.25) is 5.95 Å². The molecule has 1 unspecified atom stereocenters. The van der Waals surface area contributed by atoms with E-state index in [4.69, 9.17) is 10.6 Å². The Hall–Kier alpha value is -1.44. The molecule has 0 aliphatic carbocycles. The lowest BCUT2D eigenvalue weighted by Gasteiger charge is -2.25. The molecule has 102 valence electrons. The number of nitrogen functional groups attached to an aromatic ring is 1. The Labute approximate surface area is 115 Å². The number of aromatic nitrogens is 2. The van der Waals surface area contributed by atoms with Crippen LogP contribution < -0.4 is 16.2 Å². The molecule has 1 aliphatic rings. The third-order valence-corrected chi connectivity index (χ3v) is 4.36. The van der Waals surface area contributed by atoms with E-state index in [-0.39, 0.29) is 0 Å². The van der Waals surface area contributed by atoms with Crippen molar-refractivity contribution < 1.29 is 4.74 Å². The van der Waals surface area contributed by atoms with Crippen LogP contribution in [-0.2, 0) is 4.74 Å². The zero-order chi connectivity index (χ0) is 13.4. The van der Waals surface area contributed by atoms with Gasteiger partial charge in [-0.3, -0.25) is 5.43 Å². The van der Waals surface area contributed by atoms with Crippen LogP contribution in [0.4, 0.5) is 11.8 Å². The molecule has 6 nitrogen and oxygen atoms in total. The van der Waals surface area contributed by atoms with Crippen LogP contribution in [0.25, 0.3) is 10.2 Å². The number of thiophene rings is 1. The predicted molar refractivity (Wildman–Crippen MR) is 77.6 cm³/mol. The molecule has 1 atom stereocenters. The van der Waals surface area contributed by atoms with Crippen molar-refractivity contribution in [1.82, 2.24) is 9.97 Å². The highest BCUT2D eigenvalue weighted by atomic mass is 32.1. The molecule has 19 heavy (non-hydrogen) atoms. The summed E-state index contributed by atoms with van der Waals surface area (Å²) in [5.74, 6) is 6.83. The lowest BCUT2D eigenvalue weighted by Crippen LogP contribution is -2.32. The van der Waals surface area contributed by atoms with E-state index in [1.807, 2.05) is 0 Å². The molecule has 1 saturated heterocycles. The summed E-state index contributed by atoms with van der Waals surface area (Å²) in [6.07, 6.45) is 1.02. The van der Waals surface area contributed by atoms with Crippen molar-refractivity contribution in [3.63, 3.8) is 0 Å². The smallest absolute Gasteiger partial charge is 0.240 e. The number of nitrogens with zero attached hydrogens (tertiary/aromatic N) is 3. The maximum atomic E-state index is 5.46. The van der Waals surface area contributed by atoms with Crippen molar-refractivity contribution in [1.29, 1.82) is 0 Å². The summed E-state index contributed by atoms with van der Waals surface area (Å²) in [6.45, 7) is 3.63. The molecule has 0 radical (unpaired) electrons. The minimum absolute atomic E-state index is 0.365. The summed E-state index contributed by atoms with van der Waals surface area (Å²) in [5, 5.41) is 1.08. The zero-order valence-electron chi connectivity index (χ0n) is 11.0. The zero-order valence-corrected chi connectivity index (χ0v) is 11.8. The number of ether oxygens (including phenoxy) is 1. The third kappa shape index (κ3) is 2.24. The molecule has 2 aromatic heterocycles. The molecule has 0 aromatic carbocycles. The van der Waals surface area contributed by atoms with Crippen LogP contribution in [0.3, 0.4) is 0 Å². The van der Waals surface area contributed by atoms with Gasteiger partial charge in [0.1, 0.15) is 10.6 Å². The van der Waals surface area contributed by atoms with E-state index in [2.05, 4.69) is 40.3 Å². The van der Waals surface area contributed by atoms with Gasteiger partial charge in [-0.05, 0) is 19.4 Å². The second kappa shape index (κ2) is 4.92. The Balaban J connectivity index is 2.09. The Morgan fingerprint density at radius 3 is 3.05 bits per heavy atom. The van der Waals surface area contributed by atoms with Gasteiger partial charge >= 0.3 is 0 Å². The van der Waals surface area contributed by atoms with E-state index in [0.29, 0.717) is 12.0 Å². The van der Waals surface area contributed by atoms with Gasteiger partial charge in [-0.25, -0.2) is 10.8 Å². The minimum atomic E-state index is 0.365. The van der Waals surface area contributed by atoms with E-state index >= 15 is 0 Å². The summed E-state index contributed by atoms with van der Waals surface area (Å²) in [4.78, 5) is 13.3. The molecule has 3 rings (SSSR count). The monoisotopic (exact) mass is 279 g/mol. The maximum absolute atomic E-state index is 5.46. The molecular weight excluding hydrogens is 262 g/mol. The minimum Gasteiger partial charge on any atom is -0.379 e. The van der Waals surface area contributed by atoms with Crippen LogP contribution in [0.2, 0.25) is 0 Å². The van der Waals surface area contributed by atoms with Gasteiger partial charge in [0.15, 0.2) is 0 Å². The third-order valence-electron chi connectivity index (χ3n) is 3.41. The number of hydrazine groups is 1. The van der Waals surface area contributed by atoms with E-state index in [1.165, 1.54) is 4.88 Å². The lowest BCUT2D eigenvalue weighted by molar-refractivity contribution is 0.193. The highest BCUT2D eigenvalue weighted by molar-refractivity contribution is 7.18. The number of anilines is 2. The van der Waals surface area contributed by atoms with Crippen molar-refractivity contribution >= 4 is 33.3 Å². The second-order valence-corrected chi connectivity index (χ2v) is 5.95. The number of hydrogen-bond acceptors (Lipinski definition) is 7. The fraction of sp³-hybridized carbons (Fsp3) is 0.500. The first-order chi connectivity index (χ1) is 9.19. The first kappa shape index (κ1) is 12.6. The van der Waals surface area contributed by atoms with Gasteiger partial charge in [-0.2, -0.15) is 4.98 Å². The number of aryl methyl sites for hydroxylation is 1. The molecule has 1 fully saturated rings. The fourth-order valence-corrected chi connectivity index (χ4v) is 3.23. The van der Waals surface area contributed by atoms with Crippen LogP contribution in [0.15, 0.2) is 6.07 Å². The number of nitrogens with one attached hydrogen (secondary N) is 1. The molecule has 0 amide bonds. The quantitative estimate of drug-likeness (QED) is 0.655. The molecule has 0 bridgehead atoms. The summed E-state index contributed by atoms with van der Waals surface area (Å²) < 4.78 is 5.45. The fourth-order valence-electron chi connectivity index (χ4n) is 2.36. The highest BCUT2D eigenvalue weighted by Crippen LogP contribution is 2.32. The van der Waals surface area contributed by atoms with Crippen molar-refractivity contribution in [2.75, 3.05) is 30.6 Å². The SMILES string of the molecule is Cc1cc2c(N(C)C3CCOC3)nc(NN)nc2s1. The molecular formula is C12H17N5OS. The van der Waals surface area contributed by atoms with Crippen LogP contribution in [0, 0.1) is 6.92 Å². The molecule has 3 heterocycles. The summed E-state index contributed by atoms with van der Waals surface area (Å²) >= 11 is 1.65. The first-order valence-electron chi connectivity index (χ1n) is 6.24. The number of nitrogens with two attached hydrogens (primary N) is 1. The van der Waals surface area contributed by atoms with Gasteiger partial charge in [-0.15, -0.1) is 11.3 Å². The molecule has 3 N–H and O–H groups in total. The highest BCUT2D eigenvalue weighted by Gasteiger charge is 2.24. The summed E-state index contributed by atoms with van der Waals surface area (Å²) in [5.41, 5.74) is 2.54. The predicted octanol–water partition coefficient (Wildman–Crippen LogP) is 1.51. The van der Waals surface area contributed by atoms with Gasteiger partial charge in [-0.1, -0.05) is 0 Å². The second-order valence-electron chi connectivity index (χ2n) is 4.72. The molecule has 7 heteroatoms. The van der Waals surface area contributed by atoms with Gasteiger partial charge < -0.3 is 9.64 Å². The molecule has 0 saturated carbocycles. The summed E-state index contributed by atoms with van der Waals surface area (Å²) in [7, 11) is 2.05. The Kier molecular flexibility index (Phi) is 3.26. The normalized spacial score (nSPS) is 19.0. The number of rotatable bonds is 3. The van der Waals surface area contributed by atoms with Gasteiger partial charge in [0.25, 0.3) is 0 Å². The molecule has 1 aliphatic heterocycles. The Morgan fingerprint density at radius 1 is 1.53 bits per heavy atom. The maximum Gasteiger partial charge on any atom is 0.240 e. The number of fused-ring (bicyclic) bond motifs is 1. The van der Waals surface area contributed by atoms with E-state index < -0.39 is 0 Å². The Morgan fingerprint density at radius 2 is 2.37 bits per heavy atom. The molecule has 0 spiro atoms. The lowest BCUT2D eigenvalue weighted by atomic mass is 10.2. The number of hydrogen-bond donors (Lipinski definition) is 2. The molecule has 2 aromatic rings. The van der Waals surface area contributed by atoms with E-state index in [1.54, 1.807) is 11.3 Å². The van der Waals surface area contributed by atoms with Crippen LogP contribution in [0.5, 0.6) is 0 Å². The Bertz CT molecular complexity index is 593. The first-order valence-corrected chi connectivity index (χ1v) is 7.06. The standard InChI is InChI=1S/C12H17N5OS/c1-7-5-9-10(17(2)8-3-4-18-6-8)14-12(16-13)15-11(9)19-7/h5,8H,3-4,6,13H2,1-2H3,(H,14,15,16). The van der Waals surface area contributed by atoms with E-state index in [9.17, 15) is 0 Å². The van der Waals surface area contributed by atoms with E-state index in [0.717, 1.165) is 35.7 Å². The topological polar surface area (TPSA) is 76.3 Å².